The van der Waals surface area contributed by atoms with Crippen LogP contribution in [0.4, 0.5) is 15.8 Å². The number of hydrogen-bond acceptors (Lipinski definition) is 9. The van der Waals surface area contributed by atoms with Gasteiger partial charge in [-0.2, -0.15) is 0 Å². The van der Waals surface area contributed by atoms with Gasteiger partial charge in [-0.1, -0.05) is 30.3 Å². The van der Waals surface area contributed by atoms with Crippen LogP contribution in [-0.2, 0) is 16.1 Å². The normalized spacial score (nSPS) is 22.9. The zero-order valence-corrected chi connectivity index (χ0v) is 32.2. The number of piperazine rings is 1. The third kappa shape index (κ3) is 7.27. The number of aromatic hydroxyl groups is 1. The fraction of sp³-hybridized carbons (Fsp3) is 0.400. The van der Waals surface area contributed by atoms with E-state index in [1.54, 1.807) is 25.3 Å². The predicted molar refractivity (Wildman–Crippen MR) is 214 cm³/mol. The van der Waals surface area contributed by atoms with E-state index in [2.05, 4.69) is 56.4 Å². The van der Waals surface area contributed by atoms with Crippen LogP contribution < -0.4 is 24.6 Å². The summed E-state index contributed by atoms with van der Waals surface area (Å²) in [5.74, 6) is 0.931. The number of imide groups is 1. The lowest BCUT2D eigenvalue weighted by Crippen LogP contribution is -2.52. The molecule has 12 heteroatoms. The van der Waals surface area contributed by atoms with Gasteiger partial charge in [-0.15, -0.1) is 0 Å². The predicted octanol–water partition coefficient (Wildman–Crippen LogP) is 5.65. The number of nitrogens with zero attached hydrogens (tertiary/aromatic N) is 4. The molecule has 0 aliphatic carbocycles. The fourth-order valence-corrected chi connectivity index (χ4v) is 9.57. The van der Waals surface area contributed by atoms with Crippen LogP contribution in [0.2, 0.25) is 0 Å². The Morgan fingerprint density at radius 3 is 2.30 bits per heavy atom. The number of carbonyl (C=O) groups is 3. The summed E-state index contributed by atoms with van der Waals surface area (Å²) in [5.41, 5.74) is 6.21. The smallest absolute Gasteiger partial charge is 0.255 e. The lowest BCUT2D eigenvalue weighted by atomic mass is 9.76. The lowest BCUT2D eigenvalue weighted by Gasteiger charge is -2.40. The minimum absolute atomic E-state index is 0.0711. The third-order valence-electron chi connectivity index (χ3n) is 12.7. The Balaban J connectivity index is 0.794. The molecule has 3 amide bonds. The standard InChI is InChI=1S/C45H48FN5O6/c1-56-34-9-4-29(5-10-34)37-27-57-41-23-33(52)8-11-35(41)43(37)30-2-6-32(7-3-30)49-16-14-28(15-17-49)25-48-18-20-50(21-19-48)40-22-31-26-51(45(55)36(31)24-38(40)46)39-12-13-42(53)47-44(39)54/h2-11,22-24,28,37,39,43,52H,12-21,25-27H2,1H3,(H,47,53,54)/t37?,39-,43?/m0/s1. The molecule has 296 valence electrons. The Hall–Kier alpha value is -5.62. The van der Waals surface area contributed by atoms with E-state index in [-0.39, 0.29) is 48.8 Å². The molecule has 2 N–H and O–H groups in total. The van der Waals surface area contributed by atoms with E-state index < -0.39 is 17.8 Å². The quantitative estimate of drug-likeness (QED) is 0.220. The molecule has 4 aromatic rings. The van der Waals surface area contributed by atoms with Crippen molar-refractivity contribution in [2.24, 2.45) is 5.92 Å². The number of methoxy groups -OCH3 is 1. The molecule has 9 rings (SSSR count). The van der Waals surface area contributed by atoms with Crippen molar-refractivity contribution in [2.75, 3.05) is 69.3 Å². The molecule has 57 heavy (non-hydrogen) atoms. The van der Waals surface area contributed by atoms with Gasteiger partial charge in [-0.3, -0.25) is 24.6 Å². The fourth-order valence-electron chi connectivity index (χ4n) is 9.57. The van der Waals surface area contributed by atoms with Crippen LogP contribution >= 0.6 is 0 Å². The highest BCUT2D eigenvalue weighted by Gasteiger charge is 2.40. The molecule has 5 heterocycles. The topological polar surface area (TPSA) is 115 Å². The number of fused-ring (bicyclic) bond motifs is 2. The molecular formula is C45H48FN5O6. The van der Waals surface area contributed by atoms with Gasteiger partial charge in [0.2, 0.25) is 11.8 Å². The van der Waals surface area contributed by atoms with Gasteiger partial charge in [-0.05, 0) is 84.3 Å². The molecule has 0 aromatic heterocycles. The maximum Gasteiger partial charge on any atom is 0.255 e. The number of halogens is 1. The third-order valence-corrected chi connectivity index (χ3v) is 12.7. The molecule has 4 aromatic carbocycles. The van der Waals surface area contributed by atoms with Gasteiger partial charge in [0.05, 0.1) is 19.4 Å². The van der Waals surface area contributed by atoms with Gasteiger partial charge < -0.3 is 29.3 Å². The molecule has 0 spiro atoms. The zero-order chi connectivity index (χ0) is 39.2. The molecule has 3 fully saturated rings. The summed E-state index contributed by atoms with van der Waals surface area (Å²) in [6.45, 7) is 6.83. The number of phenols is 1. The summed E-state index contributed by atoms with van der Waals surface area (Å²) in [7, 11) is 1.67. The Morgan fingerprint density at radius 1 is 0.842 bits per heavy atom. The van der Waals surface area contributed by atoms with Crippen LogP contribution in [0.1, 0.15) is 70.1 Å². The maximum absolute atomic E-state index is 15.5. The number of hydrogen-bond donors (Lipinski definition) is 2. The number of ether oxygens (including phenoxy) is 2. The summed E-state index contributed by atoms with van der Waals surface area (Å²) in [6, 6.07) is 25.0. The first-order valence-electron chi connectivity index (χ1n) is 20.1. The monoisotopic (exact) mass is 773 g/mol. The van der Waals surface area contributed by atoms with Gasteiger partial charge in [0.25, 0.3) is 5.91 Å². The number of benzene rings is 4. The lowest BCUT2D eigenvalue weighted by molar-refractivity contribution is -0.136. The van der Waals surface area contributed by atoms with E-state index in [4.69, 9.17) is 9.47 Å². The first kappa shape index (κ1) is 37.0. The number of amides is 3. The molecular weight excluding hydrogens is 726 g/mol. The number of rotatable bonds is 8. The van der Waals surface area contributed by atoms with Crippen LogP contribution in [-0.4, -0.2) is 98.2 Å². The molecule has 0 saturated carbocycles. The SMILES string of the molecule is COc1ccc(C2COc3cc(O)ccc3C2c2ccc(N3CCC(CN4CCN(c5cc6c(cc5F)C(=O)N([C@H]5CCC(=O)NC5=O)C6)CC4)CC3)cc2)cc1. The minimum atomic E-state index is -0.719. The molecule has 3 atom stereocenters. The van der Waals surface area contributed by atoms with Gasteiger partial charge in [0, 0.05) is 93.5 Å². The van der Waals surface area contributed by atoms with Crippen LogP contribution in [0.25, 0.3) is 0 Å². The maximum atomic E-state index is 15.5. The number of piperidine rings is 2. The number of anilines is 2. The van der Waals surface area contributed by atoms with Gasteiger partial charge >= 0.3 is 0 Å². The van der Waals surface area contributed by atoms with Crippen LogP contribution in [0.15, 0.2) is 78.9 Å². The molecule has 5 aliphatic heterocycles. The Morgan fingerprint density at radius 2 is 1.58 bits per heavy atom. The van der Waals surface area contributed by atoms with Gasteiger partial charge in [0.1, 0.15) is 29.1 Å². The van der Waals surface area contributed by atoms with Crippen molar-refractivity contribution < 1.29 is 33.4 Å². The van der Waals surface area contributed by atoms with Crippen molar-refractivity contribution in [1.82, 2.24) is 15.1 Å². The van der Waals surface area contributed by atoms with Gasteiger partial charge in [0.15, 0.2) is 0 Å². The summed E-state index contributed by atoms with van der Waals surface area (Å²) in [4.78, 5) is 45.7. The summed E-state index contributed by atoms with van der Waals surface area (Å²) < 4.78 is 27.1. The Bertz CT molecular complexity index is 2160. The van der Waals surface area contributed by atoms with E-state index in [1.807, 2.05) is 18.2 Å². The van der Waals surface area contributed by atoms with E-state index in [0.717, 1.165) is 68.2 Å². The van der Waals surface area contributed by atoms with E-state index in [9.17, 15) is 19.5 Å². The number of carbonyl (C=O) groups excluding carboxylic acids is 3. The molecule has 5 aliphatic rings. The second-order valence-corrected chi connectivity index (χ2v) is 16.1. The van der Waals surface area contributed by atoms with Crippen LogP contribution in [0, 0.1) is 11.7 Å². The van der Waals surface area contributed by atoms with Crippen molar-refractivity contribution in [1.29, 1.82) is 0 Å². The van der Waals surface area contributed by atoms with E-state index in [0.29, 0.717) is 36.9 Å². The largest absolute Gasteiger partial charge is 0.508 e. The highest BCUT2D eigenvalue weighted by Crippen LogP contribution is 2.47. The molecule has 11 nitrogen and oxygen atoms in total. The van der Waals surface area contributed by atoms with Crippen LogP contribution in [0.5, 0.6) is 17.2 Å². The Kier molecular flexibility index (Phi) is 9.98. The Labute approximate surface area is 331 Å². The van der Waals surface area contributed by atoms with Crippen molar-refractivity contribution >= 4 is 29.1 Å². The molecule has 0 radical (unpaired) electrons. The van der Waals surface area contributed by atoms with Crippen molar-refractivity contribution in [3.8, 4) is 17.2 Å². The first-order chi connectivity index (χ1) is 27.7. The highest BCUT2D eigenvalue weighted by atomic mass is 19.1. The number of nitrogens with one attached hydrogen (secondary N) is 1. The summed E-state index contributed by atoms with van der Waals surface area (Å²) >= 11 is 0. The highest BCUT2D eigenvalue weighted by molar-refractivity contribution is 6.05. The van der Waals surface area contributed by atoms with Gasteiger partial charge in [-0.25, -0.2) is 4.39 Å². The average molecular weight is 774 g/mol. The van der Waals surface area contributed by atoms with Crippen molar-refractivity contribution in [3.05, 3.63) is 112 Å². The zero-order valence-electron chi connectivity index (χ0n) is 32.2. The van der Waals surface area contributed by atoms with Crippen molar-refractivity contribution in [2.45, 2.75) is 50.1 Å². The van der Waals surface area contributed by atoms with E-state index in [1.165, 1.54) is 27.8 Å². The summed E-state index contributed by atoms with van der Waals surface area (Å²) in [6.07, 6.45) is 2.68. The van der Waals surface area contributed by atoms with Crippen LogP contribution in [0.3, 0.4) is 0 Å². The first-order valence-corrected chi connectivity index (χ1v) is 20.1. The molecule has 0 bridgehead atoms. The minimum Gasteiger partial charge on any atom is -0.508 e. The molecule has 2 unspecified atom stereocenters. The van der Waals surface area contributed by atoms with E-state index >= 15 is 4.39 Å². The second-order valence-electron chi connectivity index (χ2n) is 16.1. The molecule has 3 saturated heterocycles. The average Bonchev–Trinajstić information content (AvgIpc) is 3.54. The van der Waals surface area contributed by atoms with Crippen molar-refractivity contribution in [3.63, 3.8) is 0 Å². The summed E-state index contributed by atoms with van der Waals surface area (Å²) in [5, 5.41) is 12.5. The second kappa shape index (κ2) is 15.4. The number of phenolic OH excluding ortho intramolecular Hbond substituents is 1.